The number of hydrogen-bond donors (Lipinski definition) is 1. The van der Waals surface area contributed by atoms with Gasteiger partial charge >= 0.3 is 0 Å². The van der Waals surface area contributed by atoms with Crippen molar-refractivity contribution >= 4 is 18.3 Å². The molecule has 1 aromatic rings. The lowest BCUT2D eigenvalue weighted by Crippen LogP contribution is -2.42. The maximum atomic E-state index is 11.9. The van der Waals surface area contributed by atoms with Crippen LogP contribution in [0, 0.1) is 6.92 Å². The monoisotopic (exact) mass is 244 g/mol. The molecular formula is C11H17ClN2O2. The molecule has 0 unspecified atom stereocenters. The van der Waals surface area contributed by atoms with Crippen LogP contribution in [0.25, 0.3) is 0 Å². The Kier molecular flexibility index (Phi) is 4.38. The maximum absolute atomic E-state index is 11.9. The fraction of sp³-hybridized carbons (Fsp3) is 0.545. The molecule has 2 rings (SSSR count). The first-order valence-corrected chi connectivity index (χ1v) is 5.28. The summed E-state index contributed by atoms with van der Waals surface area (Å²) in [6.07, 6.45) is 1.76. The Hall–Kier alpha value is -1.00. The van der Waals surface area contributed by atoms with Crippen LogP contribution in [-0.4, -0.2) is 29.9 Å². The van der Waals surface area contributed by atoms with E-state index in [0.717, 1.165) is 31.7 Å². The maximum Gasteiger partial charge on any atom is 0.289 e. The molecule has 0 bridgehead atoms. The lowest BCUT2D eigenvalue weighted by Gasteiger charge is -2.29. The molecule has 2 heterocycles. The Morgan fingerprint density at radius 1 is 1.44 bits per heavy atom. The second kappa shape index (κ2) is 5.37. The van der Waals surface area contributed by atoms with E-state index >= 15 is 0 Å². The molecule has 1 aliphatic heterocycles. The van der Waals surface area contributed by atoms with Gasteiger partial charge in [0.25, 0.3) is 5.91 Å². The van der Waals surface area contributed by atoms with E-state index in [1.54, 1.807) is 6.07 Å². The molecule has 1 aliphatic rings. The fourth-order valence-corrected chi connectivity index (χ4v) is 1.81. The van der Waals surface area contributed by atoms with Crippen LogP contribution in [-0.2, 0) is 0 Å². The van der Waals surface area contributed by atoms with Crippen molar-refractivity contribution in [3.05, 3.63) is 23.7 Å². The zero-order valence-corrected chi connectivity index (χ0v) is 10.1. The van der Waals surface area contributed by atoms with Crippen LogP contribution in [0.3, 0.4) is 0 Å². The standard InChI is InChI=1S/C11H16N2O2.ClH/c1-8-2-3-10(15-8)11(14)13-6-4-9(12)5-7-13;/h2-3,9H,4-7,12H2,1H3;1H. The van der Waals surface area contributed by atoms with Crippen LogP contribution in [0.5, 0.6) is 0 Å². The average Bonchev–Trinajstić information content (AvgIpc) is 2.65. The van der Waals surface area contributed by atoms with Crippen LogP contribution in [0.15, 0.2) is 16.5 Å². The molecule has 1 saturated heterocycles. The van der Waals surface area contributed by atoms with E-state index in [1.165, 1.54) is 0 Å². The molecule has 90 valence electrons. The number of likely N-dealkylation sites (tertiary alicyclic amines) is 1. The van der Waals surface area contributed by atoms with Gasteiger partial charge in [-0.1, -0.05) is 0 Å². The Bertz CT molecular complexity index is 357. The van der Waals surface area contributed by atoms with Crippen molar-refractivity contribution in [2.75, 3.05) is 13.1 Å². The van der Waals surface area contributed by atoms with E-state index in [-0.39, 0.29) is 24.4 Å². The Morgan fingerprint density at radius 2 is 2.06 bits per heavy atom. The highest BCUT2D eigenvalue weighted by molar-refractivity contribution is 5.91. The molecule has 0 aliphatic carbocycles. The molecule has 0 atom stereocenters. The highest BCUT2D eigenvalue weighted by Crippen LogP contribution is 2.14. The van der Waals surface area contributed by atoms with Crippen molar-refractivity contribution in [2.45, 2.75) is 25.8 Å². The number of nitrogens with zero attached hydrogens (tertiary/aromatic N) is 1. The van der Waals surface area contributed by atoms with Gasteiger partial charge in [0, 0.05) is 19.1 Å². The number of rotatable bonds is 1. The van der Waals surface area contributed by atoms with E-state index in [1.807, 2.05) is 17.9 Å². The van der Waals surface area contributed by atoms with Crippen LogP contribution in [0.2, 0.25) is 0 Å². The summed E-state index contributed by atoms with van der Waals surface area (Å²) in [7, 11) is 0. The van der Waals surface area contributed by atoms with Crippen LogP contribution < -0.4 is 5.73 Å². The first-order chi connectivity index (χ1) is 7.16. The summed E-state index contributed by atoms with van der Waals surface area (Å²) in [5, 5.41) is 0. The molecule has 0 radical (unpaired) electrons. The molecule has 16 heavy (non-hydrogen) atoms. The number of halogens is 1. The number of amides is 1. The van der Waals surface area contributed by atoms with Crippen molar-refractivity contribution in [3.8, 4) is 0 Å². The topological polar surface area (TPSA) is 59.5 Å². The number of piperidine rings is 1. The van der Waals surface area contributed by atoms with E-state index in [0.29, 0.717) is 5.76 Å². The predicted molar refractivity (Wildman–Crippen MR) is 63.8 cm³/mol. The lowest BCUT2D eigenvalue weighted by atomic mass is 10.1. The average molecular weight is 245 g/mol. The normalized spacial score (nSPS) is 17.0. The molecule has 1 fully saturated rings. The van der Waals surface area contributed by atoms with E-state index in [2.05, 4.69) is 0 Å². The highest BCUT2D eigenvalue weighted by Gasteiger charge is 2.23. The molecule has 2 N–H and O–H groups in total. The number of carbonyl (C=O) groups excluding carboxylic acids is 1. The molecule has 0 aromatic carbocycles. The molecule has 0 spiro atoms. The summed E-state index contributed by atoms with van der Waals surface area (Å²) in [5.41, 5.74) is 5.78. The van der Waals surface area contributed by atoms with Gasteiger partial charge in [0.05, 0.1) is 0 Å². The van der Waals surface area contributed by atoms with Gasteiger partial charge in [-0.25, -0.2) is 0 Å². The molecule has 4 nitrogen and oxygen atoms in total. The van der Waals surface area contributed by atoms with Crippen molar-refractivity contribution in [2.24, 2.45) is 5.73 Å². The van der Waals surface area contributed by atoms with Crippen LogP contribution in [0.4, 0.5) is 0 Å². The lowest BCUT2D eigenvalue weighted by molar-refractivity contribution is 0.0681. The van der Waals surface area contributed by atoms with Crippen molar-refractivity contribution in [1.29, 1.82) is 0 Å². The van der Waals surface area contributed by atoms with Gasteiger partial charge in [0.1, 0.15) is 5.76 Å². The first-order valence-electron chi connectivity index (χ1n) is 5.28. The third-order valence-electron chi connectivity index (χ3n) is 2.78. The summed E-state index contributed by atoms with van der Waals surface area (Å²) < 4.78 is 5.30. The van der Waals surface area contributed by atoms with Gasteiger partial charge in [-0.3, -0.25) is 4.79 Å². The third kappa shape index (κ3) is 2.77. The fourth-order valence-electron chi connectivity index (χ4n) is 1.81. The number of aryl methyl sites for hydroxylation is 1. The molecule has 0 saturated carbocycles. The van der Waals surface area contributed by atoms with Crippen molar-refractivity contribution in [1.82, 2.24) is 4.90 Å². The highest BCUT2D eigenvalue weighted by atomic mass is 35.5. The Labute approximate surface area is 101 Å². The summed E-state index contributed by atoms with van der Waals surface area (Å²) in [5.74, 6) is 1.19. The minimum atomic E-state index is -0.0185. The Balaban J connectivity index is 0.00000128. The largest absolute Gasteiger partial charge is 0.456 e. The van der Waals surface area contributed by atoms with E-state index in [4.69, 9.17) is 10.2 Å². The third-order valence-corrected chi connectivity index (χ3v) is 2.78. The minimum absolute atomic E-state index is 0. The number of carbonyl (C=O) groups is 1. The number of furan rings is 1. The summed E-state index contributed by atoms with van der Waals surface area (Å²) in [4.78, 5) is 13.7. The summed E-state index contributed by atoms with van der Waals surface area (Å²) in [6.45, 7) is 3.31. The molecule has 1 aromatic heterocycles. The van der Waals surface area contributed by atoms with E-state index in [9.17, 15) is 4.79 Å². The number of nitrogens with two attached hydrogens (primary N) is 1. The smallest absolute Gasteiger partial charge is 0.289 e. The van der Waals surface area contributed by atoms with Crippen molar-refractivity contribution in [3.63, 3.8) is 0 Å². The zero-order valence-electron chi connectivity index (χ0n) is 9.31. The van der Waals surface area contributed by atoms with Crippen LogP contribution in [0.1, 0.15) is 29.2 Å². The quantitative estimate of drug-likeness (QED) is 0.816. The second-order valence-electron chi connectivity index (χ2n) is 4.04. The van der Waals surface area contributed by atoms with E-state index < -0.39 is 0 Å². The SMILES string of the molecule is Cc1ccc(C(=O)N2CCC(N)CC2)o1.Cl. The van der Waals surface area contributed by atoms with Gasteiger partial charge < -0.3 is 15.1 Å². The minimum Gasteiger partial charge on any atom is -0.456 e. The zero-order chi connectivity index (χ0) is 10.8. The summed E-state index contributed by atoms with van der Waals surface area (Å²) in [6, 6.07) is 3.78. The van der Waals surface area contributed by atoms with Gasteiger partial charge in [0.15, 0.2) is 5.76 Å². The molecular weight excluding hydrogens is 228 g/mol. The summed E-state index contributed by atoms with van der Waals surface area (Å²) >= 11 is 0. The Morgan fingerprint density at radius 3 is 2.56 bits per heavy atom. The van der Waals surface area contributed by atoms with Gasteiger partial charge in [0.2, 0.25) is 0 Å². The second-order valence-corrected chi connectivity index (χ2v) is 4.04. The van der Waals surface area contributed by atoms with Crippen molar-refractivity contribution < 1.29 is 9.21 Å². The molecule has 1 amide bonds. The van der Waals surface area contributed by atoms with Gasteiger partial charge in [-0.2, -0.15) is 0 Å². The molecule has 5 heteroatoms. The van der Waals surface area contributed by atoms with Gasteiger partial charge in [-0.05, 0) is 31.9 Å². The van der Waals surface area contributed by atoms with Crippen LogP contribution >= 0.6 is 12.4 Å². The predicted octanol–water partition coefficient (Wildman–Crippen LogP) is 1.57. The van der Waals surface area contributed by atoms with Gasteiger partial charge in [-0.15, -0.1) is 12.4 Å². The first kappa shape index (κ1) is 13.1. The number of hydrogen-bond acceptors (Lipinski definition) is 3.